The minimum Gasteiger partial charge on any atom is -0.466 e. The molecule has 4 atom stereocenters. The molecule has 0 saturated heterocycles. The number of hydrogen-bond donors (Lipinski definition) is 0. The third kappa shape index (κ3) is 2.11. The molecule has 100 valence electrons. The van der Waals surface area contributed by atoms with Crippen molar-refractivity contribution in [1.29, 1.82) is 0 Å². The van der Waals surface area contributed by atoms with Crippen molar-refractivity contribution in [2.24, 2.45) is 23.2 Å². The molecule has 0 radical (unpaired) electrons. The van der Waals surface area contributed by atoms with Crippen LogP contribution in [0.2, 0.25) is 0 Å². The molecule has 0 amide bonds. The summed E-state index contributed by atoms with van der Waals surface area (Å²) in [5.74, 6) is 0.460. The largest absolute Gasteiger partial charge is 0.466 e. The topological polar surface area (TPSA) is 43.4 Å². The molecule has 3 nitrogen and oxygen atoms in total. The number of esters is 1. The van der Waals surface area contributed by atoms with Crippen molar-refractivity contribution in [3.05, 3.63) is 12.2 Å². The zero-order chi connectivity index (χ0) is 13.3. The van der Waals surface area contributed by atoms with Crippen LogP contribution in [-0.2, 0) is 14.3 Å². The van der Waals surface area contributed by atoms with E-state index in [0.29, 0.717) is 24.7 Å². The van der Waals surface area contributed by atoms with Crippen LogP contribution in [0.15, 0.2) is 12.2 Å². The number of hydrogen-bond acceptors (Lipinski definition) is 3. The second-order valence-electron chi connectivity index (χ2n) is 5.84. The lowest BCUT2D eigenvalue weighted by Crippen LogP contribution is -2.46. The molecule has 1 saturated carbocycles. The Bertz CT molecular complexity index is 385. The summed E-state index contributed by atoms with van der Waals surface area (Å²) in [6.07, 6.45) is 6.17. The molecule has 2 rings (SSSR count). The van der Waals surface area contributed by atoms with E-state index in [4.69, 9.17) is 4.74 Å². The average molecular weight is 250 g/mol. The molecule has 2 aliphatic rings. The van der Waals surface area contributed by atoms with Crippen molar-refractivity contribution in [3.8, 4) is 0 Å². The monoisotopic (exact) mass is 250 g/mol. The molecule has 0 heterocycles. The molecular weight excluding hydrogens is 228 g/mol. The molecule has 3 heteroatoms. The van der Waals surface area contributed by atoms with Gasteiger partial charge in [-0.05, 0) is 31.1 Å². The van der Waals surface area contributed by atoms with Crippen LogP contribution in [0.4, 0.5) is 0 Å². The first-order valence-corrected chi connectivity index (χ1v) is 6.86. The van der Waals surface area contributed by atoms with Gasteiger partial charge < -0.3 is 4.74 Å². The minimum absolute atomic E-state index is 0.00748. The van der Waals surface area contributed by atoms with Gasteiger partial charge in [-0.15, -0.1) is 0 Å². The summed E-state index contributed by atoms with van der Waals surface area (Å²) in [5, 5.41) is 0. The molecule has 0 spiro atoms. The van der Waals surface area contributed by atoms with Gasteiger partial charge in [-0.2, -0.15) is 0 Å². The van der Waals surface area contributed by atoms with Gasteiger partial charge >= 0.3 is 5.97 Å². The highest BCUT2D eigenvalue weighted by molar-refractivity contribution is 5.85. The summed E-state index contributed by atoms with van der Waals surface area (Å²) in [5.41, 5.74) is -0.0818. The highest BCUT2D eigenvalue weighted by atomic mass is 16.5. The van der Waals surface area contributed by atoms with Crippen LogP contribution in [0.5, 0.6) is 0 Å². The first kappa shape index (κ1) is 13.3. The van der Waals surface area contributed by atoms with Gasteiger partial charge in [0, 0.05) is 12.3 Å². The highest BCUT2D eigenvalue weighted by Gasteiger charge is 2.48. The Morgan fingerprint density at radius 3 is 2.89 bits per heavy atom. The standard InChI is InChI=1S/C15H22O3/c1-4-18-14(17)11-6-7-12-13(16)8-5-10(2)15(12,3)9-11/h6-7,10-12H,4-5,8-9H2,1-3H3/t10-,11+,12+,15+/m1/s1. The smallest absolute Gasteiger partial charge is 0.312 e. The SMILES string of the molecule is CCOC(=O)[C@H]1C=C[C@H]2C(=O)CC[C@@H](C)[C@]2(C)C1. The molecule has 18 heavy (non-hydrogen) atoms. The van der Waals surface area contributed by atoms with Crippen LogP contribution in [0.1, 0.15) is 40.0 Å². The van der Waals surface area contributed by atoms with E-state index in [1.807, 2.05) is 19.1 Å². The van der Waals surface area contributed by atoms with Gasteiger partial charge in [0.1, 0.15) is 5.78 Å². The van der Waals surface area contributed by atoms with E-state index >= 15 is 0 Å². The maximum Gasteiger partial charge on any atom is 0.312 e. The number of fused-ring (bicyclic) bond motifs is 1. The van der Waals surface area contributed by atoms with Crippen molar-refractivity contribution in [2.75, 3.05) is 6.61 Å². The molecule has 0 aliphatic heterocycles. The lowest BCUT2D eigenvalue weighted by atomic mass is 9.56. The molecule has 0 aromatic carbocycles. The summed E-state index contributed by atoms with van der Waals surface area (Å²) in [7, 11) is 0. The number of rotatable bonds is 2. The summed E-state index contributed by atoms with van der Waals surface area (Å²) >= 11 is 0. The molecule has 0 unspecified atom stereocenters. The van der Waals surface area contributed by atoms with Crippen molar-refractivity contribution in [1.82, 2.24) is 0 Å². The van der Waals surface area contributed by atoms with Gasteiger partial charge in [0.05, 0.1) is 12.5 Å². The molecule has 1 fully saturated rings. The Balaban J connectivity index is 2.22. The number of ether oxygens (including phenoxy) is 1. The van der Waals surface area contributed by atoms with Crippen LogP contribution >= 0.6 is 0 Å². The van der Waals surface area contributed by atoms with Crippen LogP contribution in [0.25, 0.3) is 0 Å². The molecular formula is C15H22O3. The molecule has 0 bridgehead atoms. The molecule has 0 N–H and O–H groups in total. The van der Waals surface area contributed by atoms with E-state index in [0.717, 1.165) is 12.8 Å². The quantitative estimate of drug-likeness (QED) is 0.559. The number of carbonyl (C=O) groups excluding carboxylic acids is 2. The van der Waals surface area contributed by atoms with Gasteiger partial charge in [-0.1, -0.05) is 26.0 Å². The maximum atomic E-state index is 12.0. The van der Waals surface area contributed by atoms with Crippen molar-refractivity contribution in [3.63, 3.8) is 0 Å². The predicted octanol–water partition coefficient (Wildman–Crippen LogP) is 2.75. The van der Waals surface area contributed by atoms with E-state index in [2.05, 4.69) is 13.8 Å². The van der Waals surface area contributed by atoms with E-state index in [-0.39, 0.29) is 23.2 Å². The van der Waals surface area contributed by atoms with E-state index in [9.17, 15) is 9.59 Å². The van der Waals surface area contributed by atoms with Crippen LogP contribution in [0, 0.1) is 23.2 Å². The normalized spacial score (nSPS) is 39.3. The summed E-state index contributed by atoms with van der Waals surface area (Å²) < 4.78 is 5.09. The zero-order valence-corrected chi connectivity index (χ0v) is 11.4. The Labute approximate surface area is 109 Å². The molecule has 0 aromatic rings. The maximum absolute atomic E-state index is 12.0. The van der Waals surface area contributed by atoms with Crippen LogP contribution in [0.3, 0.4) is 0 Å². The van der Waals surface area contributed by atoms with E-state index in [1.54, 1.807) is 0 Å². The molecule has 0 aromatic heterocycles. The summed E-state index contributed by atoms with van der Waals surface area (Å²) in [6.45, 7) is 6.58. The number of carbonyl (C=O) groups is 2. The van der Waals surface area contributed by atoms with Gasteiger partial charge in [0.25, 0.3) is 0 Å². The Morgan fingerprint density at radius 1 is 1.50 bits per heavy atom. The first-order chi connectivity index (χ1) is 8.49. The van der Waals surface area contributed by atoms with Gasteiger partial charge in [0.15, 0.2) is 0 Å². The number of ketones is 1. The summed E-state index contributed by atoms with van der Waals surface area (Å²) in [6, 6.07) is 0. The van der Waals surface area contributed by atoms with Crippen molar-refractivity contribution < 1.29 is 14.3 Å². The third-order valence-corrected chi connectivity index (χ3v) is 4.79. The van der Waals surface area contributed by atoms with E-state index in [1.165, 1.54) is 0 Å². The second-order valence-corrected chi connectivity index (χ2v) is 5.84. The van der Waals surface area contributed by atoms with E-state index < -0.39 is 0 Å². The lowest BCUT2D eigenvalue weighted by Gasteiger charge is -2.47. The summed E-state index contributed by atoms with van der Waals surface area (Å²) in [4.78, 5) is 23.9. The van der Waals surface area contributed by atoms with Gasteiger partial charge in [-0.3, -0.25) is 9.59 Å². The predicted molar refractivity (Wildman–Crippen MR) is 68.9 cm³/mol. The fourth-order valence-electron chi connectivity index (χ4n) is 3.37. The number of allylic oxidation sites excluding steroid dienone is 1. The second kappa shape index (κ2) is 4.87. The minimum atomic E-state index is -0.181. The van der Waals surface area contributed by atoms with Gasteiger partial charge in [0.2, 0.25) is 0 Å². The average Bonchev–Trinajstić information content (AvgIpc) is 2.34. The Hall–Kier alpha value is -1.12. The Morgan fingerprint density at radius 2 is 2.22 bits per heavy atom. The van der Waals surface area contributed by atoms with Crippen molar-refractivity contribution >= 4 is 11.8 Å². The Kier molecular flexibility index (Phi) is 3.60. The van der Waals surface area contributed by atoms with Crippen LogP contribution < -0.4 is 0 Å². The zero-order valence-electron chi connectivity index (χ0n) is 11.4. The highest BCUT2D eigenvalue weighted by Crippen LogP contribution is 2.51. The number of Topliss-reactive ketones (excluding diaryl/α,β-unsaturated/α-hetero) is 1. The third-order valence-electron chi connectivity index (χ3n) is 4.79. The van der Waals surface area contributed by atoms with Crippen LogP contribution in [-0.4, -0.2) is 18.4 Å². The first-order valence-electron chi connectivity index (χ1n) is 6.86. The fourth-order valence-corrected chi connectivity index (χ4v) is 3.37. The van der Waals surface area contributed by atoms with Crippen molar-refractivity contribution in [2.45, 2.75) is 40.0 Å². The lowest BCUT2D eigenvalue weighted by molar-refractivity contribution is -0.150. The molecule has 2 aliphatic carbocycles. The fraction of sp³-hybridized carbons (Fsp3) is 0.733. The van der Waals surface area contributed by atoms with Gasteiger partial charge in [-0.25, -0.2) is 0 Å².